The molecule has 0 saturated carbocycles. The number of carboxylic acids is 1. The van der Waals surface area contributed by atoms with E-state index in [1.54, 1.807) is 20.8 Å². The van der Waals surface area contributed by atoms with Crippen LogP contribution < -0.4 is 10.6 Å². The first-order valence-corrected chi connectivity index (χ1v) is 7.52. The van der Waals surface area contributed by atoms with Gasteiger partial charge in [-0.15, -0.1) is 0 Å². The Morgan fingerprint density at radius 1 is 0.917 bits per heavy atom. The van der Waals surface area contributed by atoms with Gasteiger partial charge in [-0.2, -0.15) is 0 Å². The number of carbonyl (C=O) groups excluding carboxylic acids is 2. The number of aliphatic carboxylic acids is 1. The van der Waals surface area contributed by atoms with E-state index < -0.39 is 23.6 Å². The number of hydrogen-bond donors (Lipinski definition) is 3. The van der Waals surface area contributed by atoms with Crippen molar-refractivity contribution >= 4 is 18.0 Å². The molecule has 0 atom stereocenters. The maximum atomic E-state index is 11.3. The highest BCUT2D eigenvalue weighted by Gasteiger charge is 2.15. The smallest absolute Gasteiger partial charge is 0.407 e. The lowest BCUT2D eigenvalue weighted by molar-refractivity contribution is -0.131. The van der Waals surface area contributed by atoms with Crippen molar-refractivity contribution in [3.05, 3.63) is 12.2 Å². The molecule has 0 aromatic carbocycles. The summed E-state index contributed by atoms with van der Waals surface area (Å²) in [7, 11) is 0. The molecule has 0 aliphatic heterocycles. The van der Waals surface area contributed by atoms with Crippen molar-refractivity contribution in [2.75, 3.05) is 39.5 Å². The Morgan fingerprint density at radius 2 is 1.46 bits per heavy atom. The maximum absolute atomic E-state index is 11.3. The second kappa shape index (κ2) is 12.3. The number of alkyl carbamates (subject to hydrolysis) is 1. The minimum absolute atomic E-state index is 0.267. The van der Waals surface area contributed by atoms with Crippen LogP contribution in [-0.2, 0) is 23.8 Å². The van der Waals surface area contributed by atoms with Gasteiger partial charge in [-0.1, -0.05) is 0 Å². The first-order valence-electron chi connectivity index (χ1n) is 7.52. The fourth-order valence-corrected chi connectivity index (χ4v) is 1.31. The molecular formula is C15H26N2O7. The largest absolute Gasteiger partial charge is 0.478 e. The van der Waals surface area contributed by atoms with Crippen molar-refractivity contribution in [3.63, 3.8) is 0 Å². The minimum atomic E-state index is -1.18. The lowest BCUT2D eigenvalue weighted by Gasteiger charge is -2.19. The predicted molar refractivity (Wildman–Crippen MR) is 85.7 cm³/mol. The van der Waals surface area contributed by atoms with Crippen LogP contribution in [0.2, 0.25) is 0 Å². The number of rotatable bonds is 11. The second-order valence-electron chi connectivity index (χ2n) is 5.62. The van der Waals surface area contributed by atoms with Crippen molar-refractivity contribution in [2.45, 2.75) is 26.4 Å². The maximum Gasteiger partial charge on any atom is 0.407 e. The quantitative estimate of drug-likeness (QED) is 0.363. The summed E-state index contributed by atoms with van der Waals surface area (Å²) in [5.41, 5.74) is -0.530. The molecule has 24 heavy (non-hydrogen) atoms. The summed E-state index contributed by atoms with van der Waals surface area (Å²) in [5, 5.41) is 13.4. The normalized spacial score (nSPS) is 11.3. The van der Waals surface area contributed by atoms with Gasteiger partial charge in [-0.3, -0.25) is 4.79 Å². The van der Waals surface area contributed by atoms with E-state index in [0.29, 0.717) is 26.4 Å². The lowest BCUT2D eigenvalue weighted by atomic mass is 10.2. The van der Waals surface area contributed by atoms with Crippen LogP contribution in [0.15, 0.2) is 12.2 Å². The fourth-order valence-electron chi connectivity index (χ4n) is 1.31. The molecule has 3 N–H and O–H groups in total. The Kier molecular flexibility index (Phi) is 11.2. The summed E-state index contributed by atoms with van der Waals surface area (Å²) < 4.78 is 15.5. The first kappa shape index (κ1) is 21.9. The van der Waals surface area contributed by atoms with E-state index >= 15 is 0 Å². The van der Waals surface area contributed by atoms with E-state index in [1.165, 1.54) is 0 Å². The molecule has 0 unspecified atom stereocenters. The van der Waals surface area contributed by atoms with Gasteiger partial charge < -0.3 is 30.0 Å². The molecule has 0 aliphatic carbocycles. The Hall–Kier alpha value is -2.13. The van der Waals surface area contributed by atoms with Crippen LogP contribution in [0.1, 0.15) is 20.8 Å². The van der Waals surface area contributed by atoms with E-state index in [0.717, 1.165) is 12.2 Å². The number of hydrogen-bond acceptors (Lipinski definition) is 6. The van der Waals surface area contributed by atoms with Gasteiger partial charge in [0.1, 0.15) is 5.60 Å². The molecular weight excluding hydrogens is 320 g/mol. The Balaban J connectivity index is 3.39. The van der Waals surface area contributed by atoms with Crippen LogP contribution >= 0.6 is 0 Å². The molecule has 138 valence electrons. The van der Waals surface area contributed by atoms with Gasteiger partial charge in [-0.25, -0.2) is 9.59 Å². The Morgan fingerprint density at radius 3 is 1.96 bits per heavy atom. The highest BCUT2D eigenvalue weighted by molar-refractivity contribution is 5.93. The van der Waals surface area contributed by atoms with Crippen molar-refractivity contribution in [1.82, 2.24) is 10.6 Å². The molecule has 0 aromatic rings. The zero-order valence-electron chi connectivity index (χ0n) is 14.3. The summed E-state index contributed by atoms with van der Waals surface area (Å²) in [4.78, 5) is 32.6. The van der Waals surface area contributed by atoms with Gasteiger partial charge in [0.15, 0.2) is 0 Å². The molecule has 0 bridgehead atoms. The zero-order valence-corrected chi connectivity index (χ0v) is 14.3. The van der Waals surface area contributed by atoms with E-state index in [-0.39, 0.29) is 13.2 Å². The number of amides is 2. The van der Waals surface area contributed by atoms with Crippen LogP contribution in [0.5, 0.6) is 0 Å². The van der Waals surface area contributed by atoms with Gasteiger partial charge in [0.2, 0.25) is 5.91 Å². The van der Waals surface area contributed by atoms with Crippen LogP contribution in [0, 0.1) is 0 Å². The number of nitrogens with one attached hydrogen (secondary N) is 2. The van der Waals surface area contributed by atoms with E-state index in [2.05, 4.69) is 10.6 Å². The summed E-state index contributed by atoms with van der Waals surface area (Å²) in [6.45, 7) is 7.26. The molecule has 2 amide bonds. The number of carbonyl (C=O) groups is 3. The molecule has 0 radical (unpaired) electrons. The van der Waals surface area contributed by atoms with E-state index in [1.807, 2.05) is 0 Å². The topological polar surface area (TPSA) is 123 Å². The average Bonchev–Trinajstić information content (AvgIpc) is 2.45. The highest BCUT2D eigenvalue weighted by Crippen LogP contribution is 2.05. The lowest BCUT2D eigenvalue weighted by Crippen LogP contribution is -2.34. The van der Waals surface area contributed by atoms with Gasteiger partial charge in [0.25, 0.3) is 0 Å². The third-order valence-corrected chi connectivity index (χ3v) is 2.21. The van der Waals surface area contributed by atoms with Gasteiger partial charge in [-0.05, 0) is 20.8 Å². The second-order valence-corrected chi connectivity index (χ2v) is 5.62. The van der Waals surface area contributed by atoms with Crippen LogP contribution in [-0.4, -0.2) is 68.2 Å². The SMILES string of the molecule is CC(C)(C)OC(=O)NCCOCCOCCNC(=O)/C=C\C(=O)O. The molecule has 9 heteroatoms. The summed E-state index contributed by atoms with van der Waals surface area (Å²) >= 11 is 0. The molecule has 0 spiro atoms. The zero-order chi connectivity index (χ0) is 18.4. The first-order chi connectivity index (χ1) is 11.2. The molecule has 9 nitrogen and oxygen atoms in total. The average molecular weight is 346 g/mol. The van der Waals surface area contributed by atoms with Crippen molar-refractivity contribution in [1.29, 1.82) is 0 Å². The van der Waals surface area contributed by atoms with Crippen molar-refractivity contribution in [3.8, 4) is 0 Å². The van der Waals surface area contributed by atoms with Crippen LogP contribution in [0.4, 0.5) is 4.79 Å². The molecule has 0 saturated heterocycles. The Labute approximate surface area is 141 Å². The van der Waals surface area contributed by atoms with Crippen LogP contribution in [0.25, 0.3) is 0 Å². The van der Waals surface area contributed by atoms with Crippen molar-refractivity contribution in [2.24, 2.45) is 0 Å². The van der Waals surface area contributed by atoms with Gasteiger partial charge in [0, 0.05) is 25.2 Å². The summed E-state index contributed by atoms with van der Waals surface area (Å²) in [6, 6.07) is 0. The monoisotopic (exact) mass is 346 g/mol. The molecule has 0 fully saturated rings. The molecule has 0 rings (SSSR count). The highest BCUT2D eigenvalue weighted by atomic mass is 16.6. The number of carboxylic acid groups (broad SMARTS) is 1. The van der Waals surface area contributed by atoms with E-state index in [4.69, 9.17) is 19.3 Å². The van der Waals surface area contributed by atoms with Crippen molar-refractivity contribution < 1.29 is 33.7 Å². The number of ether oxygens (including phenoxy) is 3. The van der Waals surface area contributed by atoms with Crippen LogP contribution in [0.3, 0.4) is 0 Å². The third kappa shape index (κ3) is 16.2. The molecule has 0 aliphatic rings. The summed E-state index contributed by atoms with van der Waals surface area (Å²) in [5.74, 6) is -1.68. The fraction of sp³-hybridized carbons (Fsp3) is 0.667. The summed E-state index contributed by atoms with van der Waals surface area (Å²) in [6.07, 6.45) is 1.20. The van der Waals surface area contributed by atoms with Gasteiger partial charge >= 0.3 is 12.1 Å². The Bertz CT molecular complexity index is 430. The molecule has 0 heterocycles. The molecule has 0 aromatic heterocycles. The predicted octanol–water partition coefficient (Wildman–Crippen LogP) is 0.301. The van der Waals surface area contributed by atoms with Gasteiger partial charge in [0.05, 0.1) is 26.4 Å². The minimum Gasteiger partial charge on any atom is -0.478 e. The van der Waals surface area contributed by atoms with E-state index in [9.17, 15) is 14.4 Å². The standard InChI is InChI=1S/C15H26N2O7/c1-15(2,3)24-14(21)17-7-9-23-11-10-22-8-6-16-12(18)4-5-13(19)20/h4-5H,6-11H2,1-3H3,(H,16,18)(H,17,21)(H,19,20)/b5-4-. The third-order valence-electron chi connectivity index (χ3n) is 2.21.